The van der Waals surface area contributed by atoms with Crippen LogP contribution in [-0.2, 0) is 4.79 Å². The summed E-state index contributed by atoms with van der Waals surface area (Å²) in [6.07, 6.45) is 1.58. The van der Waals surface area contributed by atoms with Crippen molar-refractivity contribution in [3.63, 3.8) is 0 Å². The van der Waals surface area contributed by atoms with Crippen molar-refractivity contribution >= 4 is 17.5 Å². The van der Waals surface area contributed by atoms with Gasteiger partial charge in [0.2, 0.25) is 5.91 Å². The van der Waals surface area contributed by atoms with Gasteiger partial charge in [-0.3, -0.25) is 9.59 Å². The van der Waals surface area contributed by atoms with Gasteiger partial charge < -0.3 is 16.0 Å². The summed E-state index contributed by atoms with van der Waals surface area (Å²) in [5, 5.41) is 8.20. The topological polar surface area (TPSA) is 83.1 Å². The third-order valence-corrected chi connectivity index (χ3v) is 2.82. The van der Waals surface area contributed by atoms with Gasteiger partial charge in [0.05, 0.1) is 17.3 Å². The van der Waals surface area contributed by atoms with E-state index in [0.29, 0.717) is 5.69 Å². The highest BCUT2D eigenvalue weighted by atomic mass is 16.2. The van der Waals surface area contributed by atoms with Gasteiger partial charge in [0, 0.05) is 20.6 Å². The first-order valence-electron chi connectivity index (χ1n) is 6.05. The molecule has 0 aliphatic rings. The molecule has 0 bridgehead atoms. The maximum Gasteiger partial charge on any atom is 0.269 e. The largest absolute Gasteiger partial charge is 0.387 e. The molecule has 1 heterocycles. The van der Waals surface area contributed by atoms with E-state index in [2.05, 4.69) is 20.9 Å². The number of nitrogens with one attached hydrogen (secondary N) is 3. The number of hydrogen-bond donors (Lipinski definition) is 3. The minimum Gasteiger partial charge on any atom is -0.387 e. The molecule has 0 saturated carbocycles. The number of aromatic nitrogens is 1. The van der Waals surface area contributed by atoms with Crippen LogP contribution >= 0.6 is 0 Å². The molecule has 0 aliphatic heterocycles. The highest BCUT2D eigenvalue weighted by Gasteiger charge is 2.27. The van der Waals surface area contributed by atoms with Crippen LogP contribution in [0, 0.1) is 5.41 Å². The van der Waals surface area contributed by atoms with Crippen LogP contribution in [0.4, 0.5) is 5.69 Å². The van der Waals surface area contributed by atoms with Gasteiger partial charge in [-0.15, -0.1) is 0 Å². The number of carbonyl (C=O) groups is 2. The molecule has 6 heteroatoms. The first-order chi connectivity index (χ1) is 8.90. The molecule has 1 aromatic rings. The Morgan fingerprint density at radius 1 is 1.26 bits per heavy atom. The maximum atomic E-state index is 11.9. The Labute approximate surface area is 113 Å². The zero-order chi connectivity index (χ0) is 14.5. The summed E-state index contributed by atoms with van der Waals surface area (Å²) >= 11 is 0. The van der Waals surface area contributed by atoms with Crippen molar-refractivity contribution in [2.45, 2.75) is 13.8 Å². The number of carbonyl (C=O) groups excluding carboxylic acids is 2. The van der Waals surface area contributed by atoms with Crippen molar-refractivity contribution in [3.8, 4) is 0 Å². The number of anilines is 1. The van der Waals surface area contributed by atoms with Crippen molar-refractivity contribution < 1.29 is 9.59 Å². The second-order valence-electron chi connectivity index (χ2n) is 4.83. The molecule has 6 nitrogen and oxygen atoms in total. The molecule has 0 unspecified atom stereocenters. The number of pyridine rings is 1. The Morgan fingerprint density at radius 3 is 2.42 bits per heavy atom. The van der Waals surface area contributed by atoms with E-state index in [4.69, 9.17) is 0 Å². The Bertz CT molecular complexity index is 454. The monoisotopic (exact) mass is 264 g/mol. The summed E-state index contributed by atoms with van der Waals surface area (Å²) in [5.41, 5.74) is 0.504. The Morgan fingerprint density at radius 2 is 1.95 bits per heavy atom. The van der Waals surface area contributed by atoms with E-state index in [9.17, 15) is 9.59 Å². The minimum atomic E-state index is -0.657. The van der Waals surface area contributed by atoms with Gasteiger partial charge in [-0.25, -0.2) is 4.98 Å². The lowest BCUT2D eigenvalue weighted by atomic mass is 9.92. The van der Waals surface area contributed by atoms with Crippen molar-refractivity contribution in [2.24, 2.45) is 5.41 Å². The molecule has 0 fully saturated rings. The second-order valence-corrected chi connectivity index (χ2v) is 4.83. The van der Waals surface area contributed by atoms with E-state index >= 15 is 0 Å². The molecule has 0 saturated heterocycles. The highest BCUT2D eigenvalue weighted by molar-refractivity contribution is 5.93. The van der Waals surface area contributed by atoms with E-state index in [1.165, 1.54) is 0 Å². The standard InChI is InChI=1S/C13H20N4O2/c1-13(2,12(19)15-4)8-17-11(18)10-6-5-9(14-3)7-16-10/h5-7,14H,8H2,1-4H3,(H,15,19)(H,17,18). The zero-order valence-corrected chi connectivity index (χ0v) is 11.7. The fourth-order valence-corrected chi connectivity index (χ4v) is 1.49. The van der Waals surface area contributed by atoms with Crippen LogP contribution in [0.3, 0.4) is 0 Å². The van der Waals surface area contributed by atoms with Crippen LogP contribution in [0.25, 0.3) is 0 Å². The van der Waals surface area contributed by atoms with E-state index in [1.54, 1.807) is 46.3 Å². The van der Waals surface area contributed by atoms with Crippen LogP contribution in [0.15, 0.2) is 18.3 Å². The highest BCUT2D eigenvalue weighted by Crippen LogP contribution is 2.13. The number of amides is 2. The number of rotatable bonds is 5. The van der Waals surface area contributed by atoms with Gasteiger partial charge >= 0.3 is 0 Å². The van der Waals surface area contributed by atoms with Gasteiger partial charge in [0.15, 0.2) is 0 Å². The lowest BCUT2D eigenvalue weighted by Gasteiger charge is -2.22. The lowest BCUT2D eigenvalue weighted by molar-refractivity contribution is -0.128. The SMILES string of the molecule is CNC(=O)C(C)(C)CNC(=O)c1ccc(NC)cn1. The summed E-state index contributed by atoms with van der Waals surface area (Å²) in [6, 6.07) is 3.40. The van der Waals surface area contributed by atoms with Crippen LogP contribution in [0.1, 0.15) is 24.3 Å². The molecule has 104 valence electrons. The van der Waals surface area contributed by atoms with E-state index in [0.717, 1.165) is 5.69 Å². The third-order valence-electron chi connectivity index (χ3n) is 2.82. The average molecular weight is 264 g/mol. The van der Waals surface area contributed by atoms with Crippen molar-refractivity contribution in [2.75, 3.05) is 26.0 Å². The zero-order valence-electron chi connectivity index (χ0n) is 11.7. The fourth-order valence-electron chi connectivity index (χ4n) is 1.49. The summed E-state index contributed by atoms with van der Waals surface area (Å²) in [4.78, 5) is 27.5. The fraction of sp³-hybridized carbons (Fsp3) is 0.462. The molecular formula is C13H20N4O2. The Hall–Kier alpha value is -2.11. The molecular weight excluding hydrogens is 244 g/mol. The van der Waals surface area contributed by atoms with Crippen LogP contribution in [0.2, 0.25) is 0 Å². The van der Waals surface area contributed by atoms with Crippen LogP contribution < -0.4 is 16.0 Å². The van der Waals surface area contributed by atoms with Gasteiger partial charge in [0.25, 0.3) is 5.91 Å². The van der Waals surface area contributed by atoms with E-state index in [-0.39, 0.29) is 18.4 Å². The summed E-state index contributed by atoms with van der Waals surface area (Å²) in [5.74, 6) is -0.411. The normalized spacial score (nSPS) is 10.7. The maximum absolute atomic E-state index is 11.9. The first-order valence-corrected chi connectivity index (χ1v) is 6.05. The molecule has 1 rings (SSSR count). The molecule has 0 aromatic carbocycles. The molecule has 0 aliphatic carbocycles. The second kappa shape index (κ2) is 6.17. The van der Waals surface area contributed by atoms with Crippen molar-refractivity contribution in [1.82, 2.24) is 15.6 Å². The number of nitrogens with zero attached hydrogens (tertiary/aromatic N) is 1. The summed E-state index contributed by atoms with van der Waals surface area (Å²) < 4.78 is 0. The van der Waals surface area contributed by atoms with Crippen molar-refractivity contribution in [3.05, 3.63) is 24.0 Å². The van der Waals surface area contributed by atoms with E-state index < -0.39 is 5.41 Å². The lowest BCUT2D eigenvalue weighted by Crippen LogP contribution is -2.43. The Balaban J connectivity index is 2.62. The smallest absolute Gasteiger partial charge is 0.269 e. The molecule has 0 spiro atoms. The molecule has 19 heavy (non-hydrogen) atoms. The first kappa shape index (κ1) is 14.9. The van der Waals surface area contributed by atoms with Gasteiger partial charge in [-0.05, 0) is 26.0 Å². The van der Waals surface area contributed by atoms with Crippen LogP contribution in [-0.4, -0.2) is 37.4 Å². The molecule has 0 radical (unpaired) electrons. The third kappa shape index (κ3) is 3.94. The Kier molecular flexibility index (Phi) is 4.86. The van der Waals surface area contributed by atoms with Crippen LogP contribution in [0.5, 0.6) is 0 Å². The van der Waals surface area contributed by atoms with Crippen molar-refractivity contribution in [1.29, 1.82) is 0 Å². The van der Waals surface area contributed by atoms with Gasteiger partial charge in [-0.2, -0.15) is 0 Å². The molecule has 1 aromatic heterocycles. The predicted octanol–water partition coefficient (Wildman–Crippen LogP) is 0.625. The summed E-state index contributed by atoms with van der Waals surface area (Å²) in [6.45, 7) is 3.79. The number of hydrogen-bond acceptors (Lipinski definition) is 4. The minimum absolute atomic E-state index is 0.119. The van der Waals surface area contributed by atoms with Gasteiger partial charge in [-0.1, -0.05) is 0 Å². The van der Waals surface area contributed by atoms with E-state index in [1.807, 2.05) is 0 Å². The van der Waals surface area contributed by atoms with Gasteiger partial charge in [0.1, 0.15) is 5.69 Å². The summed E-state index contributed by atoms with van der Waals surface area (Å²) in [7, 11) is 3.35. The molecule has 2 amide bonds. The predicted molar refractivity (Wildman–Crippen MR) is 74.0 cm³/mol. The molecule has 0 atom stereocenters. The molecule has 3 N–H and O–H groups in total. The average Bonchev–Trinajstić information content (AvgIpc) is 2.43. The quantitative estimate of drug-likeness (QED) is 0.728.